The van der Waals surface area contributed by atoms with Crippen molar-refractivity contribution in [1.29, 1.82) is 0 Å². The lowest BCUT2D eigenvalue weighted by Crippen LogP contribution is -2.38. The van der Waals surface area contributed by atoms with Gasteiger partial charge in [-0.1, -0.05) is 24.3 Å². The van der Waals surface area contributed by atoms with Gasteiger partial charge in [-0.15, -0.1) is 0 Å². The molecule has 2 aromatic rings. The highest BCUT2D eigenvalue weighted by Crippen LogP contribution is 2.24. The highest BCUT2D eigenvalue weighted by molar-refractivity contribution is 5.86. The van der Waals surface area contributed by atoms with Crippen molar-refractivity contribution in [3.05, 3.63) is 42.2 Å². The first kappa shape index (κ1) is 13.5. The zero-order chi connectivity index (χ0) is 13.8. The maximum absolute atomic E-state index is 11.6. The fourth-order valence-electron chi connectivity index (χ4n) is 1.94. The molecular formula is C14H16N2O3. The minimum atomic E-state index is -1.14. The molecule has 19 heavy (non-hydrogen) atoms. The second-order valence-corrected chi connectivity index (χ2v) is 4.17. The number of carbonyl (C=O) groups is 1. The Morgan fingerprint density at radius 2 is 2.16 bits per heavy atom. The van der Waals surface area contributed by atoms with Crippen LogP contribution in [0.1, 0.15) is 18.6 Å². The van der Waals surface area contributed by atoms with Gasteiger partial charge < -0.3 is 15.6 Å². The van der Waals surface area contributed by atoms with Crippen LogP contribution >= 0.6 is 0 Å². The molecule has 0 spiro atoms. The normalized spacial score (nSPS) is 14.1. The summed E-state index contributed by atoms with van der Waals surface area (Å²) in [5.74, 6) is -0.622. The summed E-state index contributed by atoms with van der Waals surface area (Å²) >= 11 is 0. The van der Waals surface area contributed by atoms with E-state index in [1.54, 1.807) is 13.1 Å². The van der Waals surface area contributed by atoms with Gasteiger partial charge in [0.25, 0.3) is 0 Å². The third kappa shape index (κ3) is 2.72. The molecule has 0 saturated carbocycles. The van der Waals surface area contributed by atoms with Crippen molar-refractivity contribution in [1.82, 2.24) is 4.98 Å². The number of esters is 1. The molecule has 0 amide bonds. The van der Waals surface area contributed by atoms with Crippen molar-refractivity contribution >= 4 is 16.7 Å². The molecular weight excluding hydrogens is 244 g/mol. The first-order valence-corrected chi connectivity index (χ1v) is 6.08. The molecule has 2 atom stereocenters. The van der Waals surface area contributed by atoms with Crippen LogP contribution in [0.25, 0.3) is 10.8 Å². The predicted molar refractivity (Wildman–Crippen MR) is 71.3 cm³/mol. The summed E-state index contributed by atoms with van der Waals surface area (Å²) in [4.78, 5) is 15.6. The summed E-state index contributed by atoms with van der Waals surface area (Å²) in [5, 5.41) is 11.9. The molecule has 0 aliphatic carbocycles. The van der Waals surface area contributed by atoms with Gasteiger partial charge in [0, 0.05) is 23.3 Å². The van der Waals surface area contributed by atoms with Crippen molar-refractivity contribution in [3.63, 3.8) is 0 Å². The van der Waals surface area contributed by atoms with Gasteiger partial charge in [0.2, 0.25) is 0 Å². The van der Waals surface area contributed by atoms with E-state index in [1.807, 2.05) is 24.3 Å². The summed E-state index contributed by atoms with van der Waals surface area (Å²) in [6, 6.07) is 6.36. The minimum Gasteiger partial charge on any atom is -0.465 e. The number of hydrogen-bond donors (Lipinski definition) is 2. The number of aliphatic hydroxyl groups excluding tert-OH is 1. The van der Waals surface area contributed by atoms with E-state index in [0.29, 0.717) is 5.56 Å². The predicted octanol–water partition coefficient (Wildman–Crippen LogP) is 1.16. The van der Waals surface area contributed by atoms with Gasteiger partial charge in [-0.25, -0.2) is 0 Å². The number of hydrogen-bond acceptors (Lipinski definition) is 5. The molecule has 0 saturated heterocycles. The third-order valence-electron chi connectivity index (χ3n) is 2.92. The summed E-state index contributed by atoms with van der Waals surface area (Å²) < 4.78 is 4.81. The van der Waals surface area contributed by atoms with Gasteiger partial charge in [0.05, 0.1) is 6.61 Å². The molecule has 3 N–H and O–H groups in total. The molecule has 0 radical (unpaired) electrons. The third-order valence-corrected chi connectivity index (χ3v) is 2.92. The van der Waals surface area contributed by atoms with Crippen molar-refractivity contribution < 1.29 is 14.6 Å². The van der Waals surface area contributed by atoms with E-state index in [2.05, 4.69) is 4.98 Å². The number of nitrogens with zero attached hydrogens (tertiary/aromatic N) is 1. The second-order valence-electron chi connectivity index (χ2n) is 4.17. The number of pyridine rings is 1. The van der Waals surface area contributed by atoms with Gasteiger partial charge >= 0.3 is 5.97 Å². The molecule has 2 rings (SSSR count). The lowest BCUT2D eigenvalue weighted by molar-refractivity contribution is -0.147. The number of ether oxygens (including phenoxy) is 1. The van der Waals surface area contributed by atoms with Gasteiger partial charge in [-0.3, -0.25) is 9.78 Å². The van der Waals surface area contributed by atoms with Crippen LogP contribution in [0.2, 0.25) is 0 Å². The van der Waals surface area contributed by atoms with Gasteiger partial charge in [-0.2, -0.15) is 0 Å². The van der Waals surface area contributed by atoms with Crippen LogP contribution in [0.5, 0.6) is 0 Å². The van der Waals surface area contributed by atoms with Crippen LogP contribution in [0.15, 0.2) is 36.7 Å². The number of aliphatic hydroxyl groups is 1. The molecule has 0 aliphatic rings. The SMILES string of the molecule is CCOC(=O)C(N)C(O)c1cncc2ccccc12. The number of aromatic nitrogens is 1. The zero-order valence-corrected chi connectivity index (χ0v) is 10.6. The number of fused-ring (bicyclic) bond motifs is 1. The molecule has 0 aliphatic heterocycles. The quantitative estimate of drug-likeness (QED) is 0.806. The van der Waals surface area contributed by atoms with Gasteiger partial charge in [-0.05, 0) is 12.3 Å². The zero-order valence-electron chi connectivity index (χ0n) is 10.6. The van der Waals surface area contributed by atoms with Crippen molar-refractivity contribution in [2.24, 2.45) is 5.73 Å². The highest BCUT2D eigenvalue weighted by atomic mass is 16.5. The lowest BCUT2D eigenvalue weighted by Gasteiger charge is -2.18. The van der Waals surface area contributed by atoms with E-state index in [9.17, 15) is 9.90 Å². The van der Waals surface area contributed by atoms with E-state index >= 15 is 0 Å². The van der Waals surface area contributed by atoms with Crippen LogP contribution in [-0.2, 0) is 9.53 Å². The largest absolute Gasteiger partial charge is 0.465 e. The second kappa shape index (κ2) is 5.77. The Bertz CT molecular complexity index is 580. The fourth-order valence-corrected chi connectivity index (χ4v) is 1.94. The maximum atomic E-state index is 11.6. The standard InChI is InChI=1S/C14H16N2O3/c1-2-19-14(18)12(15)13(17)11-8-16-7-9-5-3-4-6-10(9)11/h3-8,12-13,17H,2,15H2,1H3. The molecule has 5 nitrogen and oxygen atoms in total. The Morgan fingerprint density at radius 3 is 2.89 bits per heavy atom. The molecule has 1 heterocycles. The van der Waals surface area contributed by atoms with Crippen LogP contribution in [-0.4, -0.2) is 28.7 Å². The number of benzene rings is 1. The van der Waals surface area contributed by atoms with Crippen LogP contribution in [0.3, 0.4) is 0 Å². The summed E-state index contributed by atoms with van der Waals surface area (Å²) in [7, 11) is 0. The average molecular weight is 260 g/mol. The molecule has 1 aromatic heterocycles. The summed E-state index contributed by atoms with van der Waals surface area (Å²) in [6.07, 6.45) is 2.07. The number of carbonyl (C=O) groups excluding carboxylic acids is 1. The maximum Gasteiger partial charge on any atom is 0.325 e. The molecule has 1 aromatic carbocycles. The average Bonchev–Trinajstić information content (AvgIpc) is 2.45. The van der Waals surface area contributed by atoms with Crippen LogP contribution in [0.4, 0.5) is 0 Å². The van der Waals surface area contributed by atoms with Crippen molar-refractivity contribution in [2.75, 3.05) is 6.61 Å². The molecule has 2 unspecified atom stereocenters. The summed E-state index contributed by atoms with van der Waals surface area (Å²) in [5.41, 5.74) is 6.24. The topological polar surface area (TPSA) is 85.4 Å². The van der Waals surface area contributed by atoms with E-state index < -0.39 is 18.1 Å². The van der Waals surface area contributed by atoms with Crippen LogP contribution < -0.4 is 5.73 Å². The Kier molecular flexibility index (Phi) is 4.09. The number of nitrogens with two attached hydrogens (primary N) is 1. The summed E-state index contributed by atoms with van der Waals surface area (Å²) in [6.45, 7) is 1.92. The Labute approximate surface area is 111 Å². The highest BCUT2D eigenvalue weighted by Gasteiger charge is 2.26. The van der Waals surface area contributed by atoms with E-state index in [-0.39, 0.29) is 6.61 Å². The Hall–Kier alpha value is -1.98. The fraction of sp³-hybridized carbons (Fsp3) is 0.286. The van der Waals surface area contributed by atoms with E-state index in [1.165, 1.54) is 6.20 Å². The molecule has 0 fully saturated rings. The van der Waals surface area contributed by atoms with Gasteiger partial charge in [0.15, 0.2) is 0 Å². The van der Waals surface area contributed by atoms with Crippen molar-refractivity contribution in [2.45, 2.75) is 19.1 Å². The lowest BCUT2D eigenvalue weighted by atomic mass is 9.99. The molecule has 0 bridgehead atoms. The van der Waals surface area contributed by atoms with Gasteiger partial charge in [0.1, 0.15) is 12.1 Å². The monoisotopic (exact) mass is 260 g/mol. The number of rotatable bonds is 4. The minimum absolute atomic E-state index is 0.229. The van der Waals surface area contributed by atoms with Crippen molar-refractivity contribution in [3.8, 4) is 0 Å². The Morgan fingerprint density at radius 1 is 1.42 bits per heavy atom. The van der Waals surface area contributed by atoms with E-state index in [4.69, 9.17) is 10.5 Å². The molecule has 5 heteroatoms. The molecule has 100 valence electrons. The first-order valence-electron chi connectivity index (χ1n) is 6.08. The van der Waals surface area contributed by atoms with E-state index in [0.717, 1.165) is 10.8 Å². The Balaban J connectivity index is 2.36. The first-order chi connectivity index (χ1) is 9.15. The smallest absolute Gasteiger partial charge is 0.325 e. The van der Waals surface area contributed by atoms with Crippen LogP contribution in [0, 0.1) is 0 Å².